The minimum absolute atomic E-state index is 0.0689. The molecule has 1 amide bonds. The Morgan fingerprint density at radius 2 is 1.83 bits per heavy atom. The van der Waals surface area contributed by atoms with Gasteiger partial charge in [0.05, 0.1) is 22.1 Å². The molecule has 1 saturated carbocycles. The topological polar surface area (TPSA) is 115 Å². The zero-order chi connectivity index (χ0) is 25.0. The van der Waals surface area contributed by atoms with E-state index in [2.05, 4.69) is 10.3 Å². The molecule has 1 fully saturated rings. The van der Waals surface area contributed by atoms with Gasteiger partial charge in [-0.2, -0.15) is 0 Å². The van der Waals surface area contributed by atoms with E-state index in [0.717, 1.165) is 23.0 Å². The van der Waals surface area contributed by atoms with Gasteiger partial charge in [0.15, 0.2) is 0 Å². The van der Waals surface area contributed by atoms with E-state index in [4.69, 9.17) is 17.3 Å². The van der Waals surface area contributed by atoms with Crippen molar-refractivity contribution >= 4 is 45.0 Å². The number of carbonyl (C=O) groups is 1. The molecule has 9 heteroatoms. The number of rotatable bonds is 5. The normalized spacial score (nSPS) is 13.4. The Labute approximate surface area is 209 Å². The number of halogens is 1. The number of fused-ring (bicyclic) bond motifs is 2. The van der Waals surface area contributed by atoms with Crippen molar-refractivity contribution in [2.75, 3.05) is 5.73 Å². The highest BCUT2D eigenvalue weighted by molar-refractivity contribution is 6.31. The first-order valence-electron chi connectivity index (χ1n) is 11.6. The fourth-order valence-electron chi connectivity index (χ4n) is 4.65. The molecule has 2 aromatic heterocycles. The summed E-state index contributed by atoms with van der Waals surface area (Å²) >= 11 is 6.37. The van der Waals surface area contributed by atoms with Crippen LogP contribution in [0.5, 0.6) is 0 Å². The number of nitrogen functional groups attached to an aromatic ring is 1. The standard InChI is InChI=1S/C27H22ClN5O3/c28-16-8-11-22-20(13-16)23(33-26(35)19-6-1-2-7-21(19)31-27(33)36)24(25(34)30-18-9-10-18)32(22)14-15-4-3-5-17(29)12-15/h1-8,11-13,18H,9-10,14,29H2,(H,30,34)(H,31,36). The molecule has 180 valence electrons. The Hall–Kier alpha value is -4.30. The lowest BCUT2D eigenvalue weighted by atomic mass is 10.2. The molecule has 0 bridgehead atoms. The summed E-state index contributed by atoms with van der Waals surface area (Å²) in [5.41, 5.74) is 7.82. The van der Waals surface area contributed by atoms with Gasteiger partial charge >= 0.3 is 5.69 Å². The number of nitrogens with two attached hydrogens (primary N) is 1. The second kappa shape index (κ2) is 8.42. The number of carbonyl (C=O) groups excluding carboxylic acids is 1. The SMILES string of the molecule is Nc1cccc(Cn2c(C(=O)NC3CC3)c(-n3c(=O)[nH]c4ccccc4c3=O)c3cc(Cl)ccc32)c1. The lowest BCUT2D eigenvalue weighted by molar-refractivity contribution is 0.0942. The van der Waals surface area contributed by atoms with Gasteiger partial charge in [-0.1, -0.05) is 35.9 Å². The Balaban J connectivity index is 1.71. The lowest BCUT2D eigenvalue weighted by Crippen LogP contribution is -2.36. The number of H-pyrrole nitrogens is 1. The van der Waals surface area contributed by atoms with E-state index in [1.54, 1.807) is 48.5 Å². The minimum Gasteiger partial charge on any atom is -0.399 e. The van der Waals surface area contributed by atoms with Crippen molar-refractivity contribution in [2.24, 2.45) is 0 Å². The number of anilines is 1. The average Bonchev–Trinajstić information content (AvgIpc) is 3.61. The van der Waals surface area contributed by atoms with E-state index in [1.807, 2.05) is 22.8 Å². The Morgan fingerprint density at radius 1 is 1.03 bits per heavy atom. The zero-order valence-corrected chi connectivity index (χ0v) is 19.9. The van der Waals surface area contributed by atoms with Crippen molar-refractivity contribution in [1.82, 2.24) is 19.4 Å². The van der Waals surface area contributed by atoms with Gasteiger partial charge in [0.25, 0.3) is 11.5 Å². The van der Waals surface area contributed by atoms with Crippen LogP contribution in [0.3, 0.4) is 0 Å². The molecule has 0 radical (unpaired) electrons. The van der Waals surface area contributed by atoms with Crippen LogP contribution < -0.4 is 22.3 Å². The van der Waals surface area contributed by atoms with Crippen molar-refractivity contribution < 1.29 is 4.79 Å². The maximum absolute atomic E-state index is 13.7. The summed E-state index contributed by atoms with van der Waals surface area (Å²) in [4.78, 5) is 43.4. The summed E-state index contributed by atoms with van der Waals surface area (Å²) < 4.78 is 2.85. The van der Waals surface area contributed by atoms with Crippen molar-refractivity contribution in [3.63, 3.8) is 0 Å². The quantitative estimate of drug-likeness (QED) is 0.319. The first kappa shape index (κ1) is 22.2. The van der Waals surface area contributed by atoms with E-state index in [0.29, 0.717) is 39.1 Å². The van der Waals surface area contributed by atoms with Crippen LogP contribution in [0.15, 0.2) is 76.3 Å². The van der Waals surface area contributed by atoms with Crippen LogP contribution >= 0.6 is 11.6 Å². The smallest absolute Gasteiger partial charge is 0.333 e. The van der Waals surface area contributed by atoms with E-state index in [-0.39, 0.29) is 23.3 Å². The number of hydrogen-bond donors (Lipinski definition) is 3. The number of aromatic nitrogens is 3. The molecule has 0 atom stereocenters. The number of para-hydroxylation sites is 1. The van der Waals surface area contributed by atoms with Crippen molar-refractivity contribution in [2.45, 2.75) is 25.4 Å². The molecule has 0 spiro atoms. The second-order valence-corrected chi connectivity index (χ2v) is 9.49. The molecular weight excluding hydrogens is 478 g/mol. The lowest BCUT2D eigenvalue weighted by Gasteiger charge is -2.14. The van der Waals surface area contributed by atoms with Gasteiger partial charge in [0.2, 0.25) is 0 Å². The third-order valence-corrected chi connectivity index (χ3v) is 6.68. The van der Waals surface area contributed by atoms with Crippen LogP contribution in [0.2, 0.25) is 5.02 Å². The van der Waals surface area contributed by atoms with Gasteiger partial charge in [-0.3, -0.25) is 9.59 Å². The van der Waals surface area contributed by atoms with E-state index in [9.17, 15) is 14.4 Å². The molecule has 8 nitrogen and oxygen atoms in total. The molecule has 1 aliphatic rings. The summed E-state index contributed by atoms with van der Waals surface area (Å²) in [7, 11) is 0. The van der Waals surface area contributed by atoms with Crippen LogP contribution in [-0.4, -0.2) is 26.1 Å². The Bertz CT molecular complexity index is 1800. The van der Waals surface area contributed by atoms with Crippen LogP contribution in [-0.2, 0) is 6.54 Å². The third kappa shape index (κ3) is 3.76. The largest absolute Gasteiger partial charge is 0.399 e. The second-order valence-electron chi connectivity index (χ2n) is 9.05. The molecule has 2 heterocycles. The number of aromatic amines is 1. The van der Waals surface area contributed by atoms with Crippen LogP contribution in [0, 0.1) is 0 Å². The average molecular weight is 500 g/mol. The molecule has 0 unspecified atom stereocenters. The molecule has 6 rings (SSSR count). The summed E-state index contributed by atoms with van der Waals surface area (Å²) in [5, 5.41) is 4.31. The Morgan fingerprint density at radius 3 is 2.61 bits per heavy atom. The fraction of sp³-hybridized carbons (Fsp3) is 0.148. The van der Waals surface area contributed by atoms with Crippen molar-refractivity contribution in [1.29, 1.82) is 0 Å². The zero-order valence-electron chi connectivity index (χ0n) is 19.1. The van der Waals surface area contributed by atoms with Crippen LogP contribution in [0.25, 0.3) is 27.5 Å². The number of nitrogens with zero attached hydrogens (tertiary/aromatic N) is 2. The van der Waals surface area contributed by atoms with E-state index in [1.165, 1.54) is 0 Å². The van der Waals surface area contributed by atoms with Crippen LogP contribution in [0.1, 0.15) is 28.9 Å². The van der Waals surface area contributed by atoms with Gasteiger partial charge in [-0.25, -0.2) is 9.36 Å². The first-order valence-corrected chi connectivity index (χ1v) is 12.0. The van der Waals surface area contributed by atoms with Gasteiger partial charge in [-0.15, -0.1) is 0 Å². The minimum atomic E-state index is -0.637. The summed E-state index contributed by atoms with van der Waals surface area (Å²) in [5.74, 6) is -0.358. The number of nitrogens with one attached hydrogen (secondary N) is 2. The maximum atomic E-state index is 13.7. The highest BCUT2D eigenvalue weighted by atomic mass is 35.5. The predicted octanol–water partition coefficient (Wildman–Crippen LogP) is 3.81. The molecule has 36 heavy (non-hydrogen) atoms. The summed E-state index contributed by atoms with van der Waals surface area (Å²) in [6.45, 7) is 0.302. The molecule has 0 saturated heterocycles. The monoisotopic (exact) mass is 499 g/mol. The highest BCUT2D eigenvalue weighted by Crippen LogP contribution is 2.33. The van der Waals surface area contributed by atoms with Gasteiger partial charge < -0.3 is 20.6 Å². The molecule has 3 aromatic carbocycles. The van der Waals surface area contributed by atoms with E-state index >= 15 is 0 Å². The third-order valence-electron chi connectivity index (χ3n) is 6.45. The number of hydrogen-bond acceptors (Lipinski definition) is 4. The van der Waals surface area contributed by atoms with Gasteiger partial charge in [-0.05, 0) is 60.9 Å². The van der Waals surface area contributed by atoms with Crippen molar-refractivity contribution in [3.8, 4) is 5.69 Å². The highest BCUT2D eigenvalue weighted by Gasteiger charge is 2.31. The summed E-state index contributed by atoms with van der Waals surface area (Å²) in [6, 6.07) is 19.4. The first-order chi connectivity index (χ1) is 17.4. The van der Waals surface area contributed by atoms with Gasteiger partial charge in [0.1, 0.15) is 5.69 Å². The van der Waals surface area contributed by atoms with Gasteiger partial charge in [0, 0.05) is 28.7 Å². The molecular formula is C27H22ClN5O3. The van der Waals surface area contributed by atoms with E-state index < -0.39 is 11.2 Å². The molecule has 0 aliphatic heterocycles. The fourth-order valence-corrected chi connectivity index (χ4v) is 4.82. The molecule has 4 N–H and O–H groups in total. The van der Waals surface area contributed by atoms with Crippen LogP contribution in [0.4, 0.5) is 5.69 Å². The Kier molecular flexibility index (Phi) is 5.19. The number of amides is 1. The predicted molar refractivity (Wildman–Crippen MR) is 141 cm³/mol. The number of benzene rings is 3. The van der Waals surface area contributed by atoms with Crippen molar-refractivity contribution in [3.05, 3.63) is 104 Å². The summed E-state index contributed by atoms with van der Waals surface area (Å²) in [6.07, 6.45) is 1.78. The molecule has 1 aliphatic carbocycles. The maximum Gasteiger partial charge on any atom is 0.333 e. The molecule has 5 aromatic rings.